The fraction of sp³-hybridized carbons (Fsp3) is 0.125. The third kappa shape index (κ3) is 1.77. The van der Waals surface area contributed by atoms with Crippen LogP contribution in [0.5, 0.6) is 5.75 Å². The van der Waals surface area contributed by atoms with Gasteiger partial charge >= 0.3 is 0 Å². The maximum Gasteiger partial charge on any atom is 0.299 e. The van der Waals surface area contributed by atoms with Crippen LogP contribution in [0, 0.1) is 0 Å². The van der Waals surface area contributed by atoms with Gasteiger partial charge in [0.1, 0.15) is 5.75 Å². The van der Waals surface area contributed by atoms with Gasteiger partial charge in [0.25, 0.3) is 11.7 Å². The Labute approximate surface area is 116 Å². The summed E-state index contributed by atoms with van der Waals surface area (Å²) in [4.78, 5) is 24.9. The first-order chi connectivity index (χ1) is 9.61. The largest absolute Gasteiger partial charge is 0.497 e. The van der Waals surface area contributed by atoms with Crippen LogP contribution in [0.1, 0.15) is 10.4 Å². The first-order valence-electron chi connectivity index (χ1n) is 6.22. The number of Topliss-reactive ketones (excluding diaryl/α,β-unsaturated/α-hetero) is 1. The summed E-state index contributed by atoms with van der Waals surface area (Å²) in [5, 5.41) is 0. The molecule has 0 N–H and O–H groups in total. The van der Waals surface area contributed by atoms with Gasteiger partial charge in [0.15, 0.2) is 0 Å². The van der Waals surface area contributed by atoms with Gasteiger partial charge in [-0.3, -0.25) is 9.59 Å². The van der Waals surface area contributed by atoms with Crippen LogP contribution < -0.4 is 9.64 Å². The summed E-state index contributed by atoms with van der Waals surface area (Å²) in [6.45, 7) is 0. The highest BCUT2D eigenvalue weighted by atomic mass is 16.5. The Bertz CT molecular complexity index is 704. The lowest BCUT2D eigenvalue weighted by Gasteiger charge is -2.09. The van der Waals surface area contributed by atoms with Crippen molar-refractivity contribution in [2.75, 3.05) is 19.1 Å². The fourth-order valence-corrected chi connectivity index (χ4v) is 2.35. The number of likely N-dealkylation sites (N-methyl/N-ethyl adjacent to an activating group) is 1. The summed E-state index contributed by atoms with van der Waals surface area (Å²) in [7, 11) is 3.23. The van der Waals surface area contributed by atoms with E-state index in [1.165, 1.54) is 4.90 Å². The summed E-state index contributed by atoms with van der Waals surface area (Å²) < 4.78 is 5.12. The molecule has 0 radical (unpaired) electrons. The normalized spacial score (nSPS) is 13.6. The molecule has 0 fully saturated rings. The molecule has 4 heteroatoms. The molecule has 0 saturated heterocycles. The first kappa shape index (κ1) is 12.4. The Hall–Kier alpha value is -2.62. The van der Waals surface area contributed by atoms with Crippen molar-refractivity contribution in [1.29, 1.82) is 0 Å². The highest BCUT2D eigenvalue weighted by molar-refractivity contribution is 6.52. The minimum Gasteiger partial charge on any atom is -0.497 e. The second-order valence-electron chi connectivity index (χ2n) is 4.65. The summed E-state index contributed by atoms with van der Waals surface area (Å²) in [5.74, 6) is -0.148. The predicted octanol–water partition coefficient (Wildman–Crippen LogP) is 2.52. The smallest absolute Gasteiger partial charge is 0.299 e. The van der Waals surface area contributed by atoms with Crippen molar-refractivity contribution < 1.29 is 14.3 Å². The van der Waals surface area contributed by atoms with Gasteiger partial charge in [-0.15, -0.1) is 0 Å². The van der Waals surface area contributed by atoms with Crippen molar-refractivity contribution in [1.82, 2.24) is 0 Å². The van der Waals surface area contributed by atoms with Gasteiger partial charge in [-0.1, -0.05) is 18.2 Å². The molecule has 0 saturated carbocycles. The molecule has 1 heterocycles. The van der Waals surface area contributed by atoms with Gasteiger partial charge < -0.3 is 9.64 Å². The summed E-state index contributed by atoms with van der Waals surface area (Å²) in [6.07, 6.45) is 0. The monoisotopic (exact) mass is 267 g/mol. The highest BCUT2D eigenvalue weighted by Gasteiger charge is 2.33. The van der Waals surface area contributed by atoms with E-state index in [2.05, 4.69) is 0 Å². The number of ether oxygens (including phenoxy) is 1. The average molecular weight is 267 g/mol. The number of carbonyl (C=O) groups is 2. The van der Waals surface area contributed by atoms with E-state index in [4.69, 9.17) is 4.74 Å². The van der Waals surface area contributed by atoms with Crippen LogP contribution in [-0.4, -0.2) is 25.8 Å². The number of nitrogens with zero attached hydrogens (tertiary/aromatic N) is 1. The quantitative estimate of drug-likeness (QED) is 0.785. The third-order valence-corrected chi connectivity index (χ3v) is 3.52. The maximum absolute atomic E-state index is 11.9. The molecule has 20 heavy (non-hydrogen) atoms. The lowest BCUT2D eigenvalue weighted by Crippen LogP contribution is -2.24. The minimum atomic E-state index is -0.480. The molecular formula is C16H13NO3. The van der Waals surface area contributed by atoms with Gasteiger partial charge in [-0.2, -0.15) is 0 Å². The molecule has 0 unspecified atom stereocenters. The van der Waals surface area contributed by atoms with Crippen LogP contribution in [0.25, 0.3) is 11.1 Å². The van der Waals surface area contributed by atoms with Crippen LogP contribution >= 0.6 is 0 Å². The van der Waals surface area contributed by atoms with Crippen LogP contribution in [0.4, 0.5) is 5.69 Å². The third-order valence-electron chi connectivity index (χ3n) is 3.52. The van der Waals surface area contributed by atoms with Gasteiger partial charge in [-0.05, 0) is 35.4 Å². The Kier molecular flexibility index (Phi) is 2.79. The van der Waals surface area contributed by atoms with Crippen molar-refractivity contribution in [2.45, 2.75) is 0 Å². The van der Waals surface area contributed by atoms with Crippen molar-refractivity contribution in [3.8, 4) is 16.9 Å². The van der Waals surface area contributed by atoms with E-state index >= 15 is 0 Å². The SMILES string of the molecule is COc1ccc(-c2ccc3c(c2)C(=O)C(=O)N3C)cc1. The van der Waals surface area contributed by atoms with E-state index in [-0.39, 0.29) is 0 Å². The van der Waals surface area contributed by atoms with Gasteiger partial charge in [0.2, 0.25) is 0 Å². The van der Waals surface area contributed by atoms with E-state index in [1.54, 1.807) is 26.3 Å². The Morgan fingerprint density at radius 3 is 2.25 bits per heavy atom. The maximum atomic E-state index is 11.9. The molecule has 100 valence electrons. The number of hydrogen-bond acceptors (Lipinski definition) is 3. The summed E-state index contributed by atoms with van der Waals surface area (Å²) >= 11 is 0. The summed E-state index contributed by atoms with van der Waals surface area (Å²) in [5.41, 5.74) is 3.01. The number of hydrogen-bond donors (Lipinski definition) is 0. The zero-order valence-electron chi connectivity index (χ0n) is 11.2. The molecule has 0 aliphatic carbocycles. The standard InChI is InChI=1S/C16H13NO3/c1-17-14-8-5-11(9-13(14)15(18)16(17)19)10-3-6-12(20-2)7-4-10/h3-9H,1-2H3. The van der Waals surface area contributed by atoms with Crippen LogP contribution in [0.3, 0.4) is 0 Å². The van der Waals surface area contributed by atoms with Crippen LogP contribution in [0.2, 0.25) is 0 Å². The molecule has 0 atom stereocenters. The molecule has 3 rings (SSSR count). The molecule has 4 nitrogen and oxygen atoms in total. The molecule has 0 bridgehead atoms. The Morgan fingerprint density at radius 1 is 0.950 bits per heavy atom. The number of rotatable bonds is 2. The number of carbonyl (C=O) groups excluding carboxylic acids is 2. The van der Waals surface area contributed by atoms with Gasteiger partial charge in [0, 0.05) is 7.05 Å². The average Bonchev–Trinajstić information content (AvgIpc) is 2.72. The van der Waals surface area contributed by atoms with Crippen molar-refractivity contribution in [2.24, 2.45) is 0 Å². The van der Waals surface area contributed by atoms with Crippen molar-refractivity contribution in [3.63, 3.8) is 0 Å². The second-order valence-corrected chi connectivity index (χ2v) is 4.65. The van der Waals surface area contributed by atoms with Gasteiger partial charge in [-0.25, -0.2) is 0 Å². The van der Waals surface area contributed by atoms with Crippen molar-refractivity contribution in [3.05, 3.63) is 48.0 Å². The molecule has 0 spiro atoms. The zero-order chi connectivity index (χ0) is 14.3. The number of amides is 1. The molecule has 1 aliphatic rings. The second kappa shape index (κ2) is 4.49. The van der Waals surface area contributed by atoms with E-state index in [9.17, 15) is 9.59 Å². The minimum absolute atomic E-state index is 0.446. The van der Waals surface area contributed by atoms with E-state index in [0.29, 0.717) is 11.3 Å². The molecule has 2 aromatic rings. The number of methoxy groups -OCH3 is 1. The Balaban J connectivity index is 2.05. The number of benzene rings is 2. The fourth-order valence-electron chi connectivity index (χ4n) is 2.35. The number of ketones is 1. The molecule has 1 amide bonds. The molecule has 2 aromatic carbocycles. The van der Waals surface area contributed by atoms with E-state index in [1.807, 2.05) is 30.3 Å². The lowest BCUT2D eigenvalue weighted by atomic mass is 10.0. The van der Waals surface area contributed by atoms with Crippen molar-refractivity contribution >= 4 is 17.4 Å². The zero-order valence-corrected chi connectivity index (χ0v) is 11.2. The van der Waals surface area contributed by atoms with Crippen LogP contribution in [0.15, 0.2) is 42.5 Å². The predicted molar refractivity (Wildman–Crippen MR) is 76.2 cm³/mol. The molecule has 1 aliphatic heterocycles. The topological polar surface area (TPSA) is 46.6 Å². The summed E-state index contributed by atoms with van der Waals surface area (Å²) in [6, 6.07) is 13.0. The number of fused-ring (bicyclic) bond motifs is 1. The first-order valence-corrected chi connectivity index (χ1v) is 6.22. The van der Waals surface area contributed by atoms with E-state index < -0.39 is 11.7 Å². The molecular weight excluding hydrogens is 254 g/mol. The number of anilines is 1. The lowest BCUT2D eigenvalue weighted by molar-refractivity contribution is -0.114. The van der Waals surface area contributed by atoms with Crippen LogP contribution in [-0.2, 0) is 4.79 Å². The highest BCUT2D eigenvalue weighted by Crippen LogP contribution is 2.32. The van der Waals surface area contributed by atoms with Gasteiger partial charge in [0.05, 0.1) is 18.4 Å². The Morgan fingerprint density at radius 2 is 1.60 bits per heavy atom. The van der Waals surface area contributed by atoms with E-state index in [0.717, 1.165) is 16.9 Å². The molecule has 0 aromatic heterocycles.